The first-order valence-corrected chi connectivity index (χ1v) is 11.0. The summed E-state index contributed by atoms with van der Waals surface area (Å²) in [4.78, 5) is 41.0. The van der Waals surface area contributed by atoms with Crippen LogP contribution in [-0.2, 0) is 25.7 Å². The van der Waals surface area contributed by atoms with Crippen LogP contribution in [0.4, 0.5) is 0 Å². The van der Waals surface area contributed by atoms with Gasteiger partial charge in [0.05, 0.1) is 19.8 Å². The zero-order valence-corrected chi connectivity index (χ0v) is 20.4. The highest BCUT2D eigenvalue weighted by Crippen LogP contribution is 2.29. The van der Waals surface area contributed by atoms with E-state index in [0.717, 1.165) is 5.56 Å². The molecule has 184 valence electrons. The number of nitrogens with one attached hydrogen (secondary N) is 1. The molecular weight excluding hydrogens is 440 g/mol. The van der Waals surface area contributed by atoms with Crippen LogP contribution < -0.4 is 14.8 Å². The van der Waals surface area contributed by atoms with Crippen molar-refractivity contribution in [3.05, 3.63) is 53.9 Å². The van der Waals surface area contributed by atoms with Crippen molar-refractivity contribution < 1.29 is 33.3 Å². The van der Waals surface area contributed by atoms with Crippen molar-refractivity contribution >= 4 is 17.8 Å². The van der Waals surface area contributed by atoms with E-state index in [2.05, 4.69) is 10.3 Å². The van der Waals surface area contributed by atoms with Gasteiger partial charge in [-0.15, -0.1) is 0 Å². The fourth-order valence-electron chi connectivity index (χ4n) is 3.23. The molecule has 1 heterocycles. The molecule has 0 aliphatic heterocycles. The van der Waals surface area contributed by atoms with Crippen molar-refractivity contribution in [3.63, 3.8) is 0 Å². The van der Waals surface area contributed by atoms with Crippen molar-refractivity contribution in [3.8, 4) is 11.5 Å². The summed E-state index contributed by atoms with van der Waals surface area (Å²) >= 11 is 0. The third kappa shape index (κ3) is 7.55. The van der Waals surface area contributed by atoms with Crippen LogP contribution in [0.1, 0.15) is 50.7 Å². The summed E-state index contributed by atoms with van der Waals surface area (Å²) in [5, 5.41) is 2.54. The van der Waals surface area contributed by atoms with Gasteiger partial charge >= 0.3 is 11.9 Å². The van der Waals surface area contributed by atoms with Gasteiger partial charge < -0.3 is 24.3 Å². The number of hydrogen-bond acceptors (Lipinski definition) is 8. The largest absolute Gasteiger partial charge is 0.493 e. The molecule has 1 amide bonds. The maximum Gasteiger partial charge on any atom is 0.328 e. The number of benzene rings is 1. The second kappa shape index (κ2) is 12.7. The maximum atomic E-state index is 12.8. The summed E-state index contributed by atoms with van der Waals surface area (Å²) < 4.78 is 21.9. The summed E-state index contributed by atoms with van der Waals surface area (Å²) in [5.41, 5.74) is 0.826. The molecule has 1 aromatic carbocycles. The first-order chi connectivity index (χ1) is 16.1. The third-order valence-electron chi connectivity index (χ3n) is 4.98. The number of hydrogen-bond donors (Lipinski definition) is 1. The Bertz CT molecular complexity index is 978. The number of amides is 1. The standard InChI is InChI=1S/C25H32N2O7/c1-15(2)22(17(4)32-14-19-10-8-7-9-11-19)34-25(30)16(3)27-24(29)21-23(33-18(5)28)20(31-6)12-13-26-21/h7-13,15-17,22H,14H2,1-6H3,(H,27,29)/t16-,17-,22?/m0/s1. The van der Waals surface area contributed by atoms with Crippen molar-refractivity contribution in [2.45, 2.75) is 59.5 Å². The topological polar surface area (TPSA) is 113 Å². The zero-order valence-electron chi connectivity index (χ0n) is 20.4. The fourth-order valence-corrected chi connectivity index (χ4v) is 3.23. The first-order valence-electron chi connectivity index (χ1n) is 11.0. The summed E-state index contributed by atoms with van der Waals surface area (Å²) in [6, 6.07) is 10.2. The average Bonchev–Trinajstić information content (AvgIpc) is 2.80. The molecule has 0 bridgehead atoms. The van der Waals surface area contributed by atoms with Crippen LogP contribution in [-0.4, -0.2) is 48.2 Å². The number of esters is 2. The Hall–Kier alpha value is -3.46. The lowest BCUT2D eigenvalue weighted by molar-refractivity contribution is -0.163. The minimum absolute atomic E-state index is 0.0201. The SMILES string of the molecule is COc1ccnc(C(=O)N[C@@H](C)C(=O)OC(C(C)C)[C@H](C)OCc2ccccc2)c1OC(C)=O. The van der Waals surface area contributed by atoms with E-state index in [1.807, 2.05) is 51.1 Å². The van der Waals surface area contributed by atoms with Gasteiger partial charge in [0.25, 0.3) is 5.91 Å². The predicted octanol–water partition coefficient (Wildman–Crippen LogP) is 3.31. The minimum Gasteiger partial charge on any atom is -0.493 e. The number of carbonyl (C=O) groups excluding carboxylic acids is 3. The number of nitrogens with zero attached hydrogens (tertiary/aromatic N) is 1. The summed E-state index contributed by atoms with van der Waals surface area (Å²) in [6.45, 7) is 8.77. The monoisotopic (exact) mass is 472 g/mol. The van der Waals surface area contributed by atoms with E-state index in [1.54, 1.807) is 0 Å². The van der Waals surface area contributed by atoms with Crippen molar-refractivity contribution in [1.82, 2.24) is 10.3 Å². The van der Waals surface area contributed by atoms with Gasteiger partial charge in [0.2, 0.25) is 5.75 Å². The van der Waals surface area contributed by atoms with Crippen LogP contribution in [0.5, 0.6) is 11.5 Å². The van der Waals surface area contributed by atoms with Crippen LogP contribution >= 0.6 is 0 Å². The highest BCUT2D eigenvalue weighted by Gasteiger charge is 2.30. The third-order valence-corrected chi connectivity index (χ3v) is 4.98. The van der Waals surface area contributed by atoms with Gasteiger partial charge in [0, 0.05) is 19.2 Å². The molecule has 2 rings (SSSR count). The number of methoxy groups -OCH3 is 1. The Labute approximate surface area is 199 Å². The molecule has 3 atom stereocenters. The highest BCUT2D eigenvalue weighted by atomic mass is 16.6. The molecule has 0 aliphatic carbocycles. The molecule has 9 heteroatoms. The lowest BCUT2D eigenvalue weighted by atomic mass is 10.0. The van der Waals surface area contributed by atoms with Gasteiger partial charge in [0.1, 0.15) is 12.1 Å². The number of pyridine rings is 1. The molecule has 0 aliphatic rings. The summed E-state index contributed by atoms with van der Waals surface area (Å²) in [6.07, 6.45) is 0.439. The average molecular weight is 473 g/mol. The lowest BCUT2D eigenvalue weighted by Crippen LogP contribution is -2.44. The van der Waals surface area contributed by atoms with E-state index in [0.29, 0.717) is 6.61 Å². The Morgan fingerprint density at radius 2 is 1.71 bits per heavy atom. The van der Waals surface area contributed by atoms with E-state index >= 15 is 0 Å². The summed E-state index contributed by atoms with van der Waals surface area (Å²) in [7, 11) is 1.37. The maximum absolute atomic E-state index is 12.8. The molecule has 2 aromatic rings. The molecule has 0 radical (unpaired) electrons. The van der Waals surface area contributed by atoms with Crippen LogP contribution in [0.3, 0.4) is 0 Å². The van der Waals surface area contributed by atoms with E-state index in [9.17, 15) is 14.4 Å². The predicted molar refractivity (Wildman–Crippen MR) is 124 cm³/mol. The second-order valence-corrected chi connectivity index (χ2v) is 8.13. The number of carbonyl (C=O) groups is 3. The second-order valence-electron chi connectivity index (χ2n) is 8.13. The quantitative estimate of drug-likeness (QED) is 0.496. The molecule has 1 N–H and O–H groups in total. The van der Waals surface area contributed by atoms with Gasteiger partial charge in [-0.3, -0.25) is 9.59 Å². The van der Waals surface area contributed by atoms with Crippen LogP contribution in [0.2, 0.25) is 0 Å². The lowest BCUT2D eigenvalue weighted by Gasteiger charge is -2.28. The fraction of sp³-hybridized carbons (Fsp3) is 0.440. The molecule has 1 unspecified atom stereocenters. The van der Waals surface area contributed by atoms with Crippen molar-refractivity contribution in [2.75, 3.05) is 7.11 Å². The number of aromatic nitrogens is 1. The van der Waals surface area contributed by atoms with Gasteiger partial charge in [-0.25, -0.2) is 9.78 Å². The summed E-state index contributed by atoms with van der Waals surface area (Å²) in [5.74, 6) is -1.97. The Balaban J connectivity index is 2.04. The molecule has 34 heavy (non-hydrogen) atoms. The van der Waals surface area contributed by atoms with E-state index in [1.165, 1.54) is 33.2 Å². The molecule has 0 saturated carbocycles. The van der Waals surface area contributed by atoms with Crippen molar-refractivity contribution in [1.29, 1.82) is 0 Å². The minimum atomic E-state index is -0.992. The number of ether oxygens (including phenoxy) is 4. The molecular formula is C25H32N2O7. The molecule has 1 aromatic heterocycles. The van der Waals surface area contributed by atoms with Crippen LogP contribution in [0.15, 0.2) is 42.6 Å². The Morgan fingerprint density at radius 1 is 1.03 bits per heavy atom. The Morgan fingerprint density at radius 3 is 2.29 bits per heavy atom. The smallest absolute Gasteiger partial charge is 0.328 e. The van der Waals surface area contributed by atoms with Crippen LogP contribution in [0.25, 0.3) is 0 Å². The van der Waals surface area contributed by atoms with Gasteiger partial charge in [0.15, 0.2) is 11.4 Å². The Kier molecular flexibility index (Phi) is 10.0. The van der Waals surface area contributed by atoms with Gasteiger partial charge in [-0.1, -0.05) is 44.2 Å². The van der Waals surface area contributed by atoms with E-state index in [-0.39, 0.29) is 29.2 Å². The number of rotatable bonds is 11. The van der Waals surface area contributed by atoms with Gasteiger partial charge in [-0.2, -0.15) is 0 Å². The van der Waals surface area contributed by atoms with E-state index < -0.39 is 30.0 Å². The van der Waals surface area contributed by atoms with Crippen LogP contribution in [0, 0.1) is 5.92 Å². The molecule has 9 nitrogen and oxygen atoms in total. The highest BCUT2D eigenvalue weighted by molar-refractivity contribution is 5.98. The zero-order chi connectivity index (χ0) is 25.3. The normalized spacial score (nSPS) is 13.5. The first kappa shape index (κ1) is 26.8. The molecule has 0 spiro atoms. The van der Waals surface area contributed by atoms with Gasteiger partial charge in [-0.05, 0) is 25.3 Å². The molecule has 0 saturated heterocycles. The van der Waals surface area contributed by atoms with Crippen molar-refractivity contribution in [2.24, 2.45) is 5.92 Å². The molecule has 0 fully saturated rings. The van der Waals surface area contributed by atoms with E-state index in [4.69, 9.17) is 18.9 Å².